The van der Waals surface area contributed by atoms with Gasteiger partial charge in [0, 0.05) is 19.4 Å². The molecule has 1 amide bonds. The molecule has 0 saturated heterocycles. The first kappa shape index (κ1) is 16.0. The summed E-state index contributed by atoms with van der Waals surface area (Å²) >= 11 is 0. The highest BCUT2D eigenvalue weighted by atomic mass is 16.6. The average molecular weight is 315 g/mol. The van der Waals surface area contributed by atoms with Crippen molar-refractivity contribution >= 4 is 11.9 Å². The predicted octanol–water partition coefficient (Wildman–Crippen LogP) is 3.84. The van der Waals surface area contributed by atoms with E-state index in [1.807, 2.05) is 30.3 Å². The van der Waals surface area contributed by atoms with E-state index < -0.39 is 0 Å². The Morgan fingerprint density at radius 3 is 2.87 bits per heavy atom. The molecule has 0 radical (unpaired) electrons. The fourth-order valence-corrected chi connectivity index (χ4v) is 3.95. The molecule has 3 atom stereocenters. The smallest absolute Gasteiger partial charge is 0.407 e. The second-order valence-corrected chi connectivity index (χ2v) is 7.23. The predicted molar refractivity (Wildman–Crippen MR) is 87.9 cm³/mol. The van der Waals surface area contributed by atoms with Gasteiger partial charge in [0.1, 0.15) is 11.9 Å². The van der Waals surface area contributed by atoms with Crippen molar-refractivity contribution in [3.8, 4) is 0 Å². The molecule has 0 aliphatic heterocycles. The first-order chi connectivity index (χ1) is 11.0. The van der Waals surface area contributed by atoms with Crippen molar-refractivity contribution in [1.82, 2.24) is 5.32 Å². The third kappa shape index (κ3) is 3.92. The number of nitrogens with one attached hydrogen (secondary N) is 1. The van der Waals surface area contributed by atoms with Crippen molar-refractivity contribution in [3.05, 3.63) is 35.9 Å². The number of fused-ring (bicyclic) bond motifs is 1. The van der Waals surface area contributed by atoms with E-state index in [-0.39, 0.29) is 17.6 Å². The minimum absolute atomic E-state index is 0.0604. The van der Waals surface area contributed by atoms with Gasteiger partial charge in [-0.25, -0.2) is 4.79 Å². The Labute approximate surface area is 137 Å². The van der Waals surface area contributed by atoms with Gasteiger partial charge in [0.15, 0.2) is 0 Å². The highest BCUT2D eigenvalue weighted by molar-refractivity contribution is 5.79. The van der Waals surface area contributed by atoms with Gasteiger partial charge in [0.05, 0.1) is 0 Å². The van der Waals surface area contributed by atoms with Crippen LogP contribution in [-0.2, 0) is 16.1 Å². The zero-order valence-electron chi connectivity index (χ0n) is 13.7. The van der Waals surface area contributed by atoms with Gasteiger partial charge in [-0.15, -0.1) is 0 Å². The quantitative estimate of drug-likeness (QED) is 0.922. The minimum atomic E-state index is -0.357. The number of hydrogen-bond donors (Lipinski definition) is 1. The first-order valence-corrected chi connectivity index (χ1v) is 8.55. The lowest BCUT2D eigenvalue weighted by Gasteiger charge is -2.46. The standard InChI is InChI=1S/C19H25NO3/c1-19-9-7-16(21)11-15(19)12-17(8-10-19)23-18(22)20-13-14-5-3-2-4-6-14/h2-6,15,17H,7-13H2,1H3,(H,20,22)/t15-,17-,19+/m1/s1. The number of amides is 1. The van der Waals surface area contributed by atoms with E-state index >= 15 is 0 Å². The summed E-state index contributed by atoms with van der Waals surface area (Å²) in [5.74, 6) is 0.728. The summed E-state index contributed by atoms with van der Waals surface area (Å²) in [7, 11) is 0. The molecule has 0 bridgehead atoms. The van der Waals surface area contributed by atoms with Crippen LogP contribution in [0.2, 0.25) is 0 Å². The molecule has 4 nitrogen and oxygen atoms in total. The fourth-order valence-electron chi connectivity index (χ4n) is 3.95. The van der Waals surface area contributed by atoms with Gasteiger partial charge < -0.3 is 10.1 Å². The van der Waals surface area contributed by atoms with E-state index in [0.29, 0.717) is 24.7 Å². The third-order valence-corrected chi connectivity index (χ3v) is 5.57. The second kappa shape index (κ2) is 6.73. The normalized spacial score (nSPS) is 30.4. The zero-order chi connectivity index (χ0) is 16.3. The molecule has 3 rings (SSSR count). The van der Waals surface area contributed by atoms with Crippen molar-refractivity contribution < 1.29 is 14.3 Å². The van der Waals surface area contributed by atoms with Gasteiger partial charge in [0.25, 0.3) is 0 Å². The lowest BCUT2D eigenvalue weighted by molar-refractivity contribution is -0.127. The molecule has 0 heterocycles. The van der Waals surface area contributed by atoms with Gasteiger partial charge in [-0.3, -0.25) is 4.79 Å². The number of carbonyl (C=O) groups excluding carboxylic acids is 2. The van der Waals surface area contributed by atoms with Crippen molar-refractivity contribution in [2.24, 2.45) is 11.3 Å². The van der Waals surface area contributed by atoms with Crippen molar-refractivity contribution in [2.45, 2.75) is 58.1 Å². The van der Waals surface area contributed by atoms with E-state index in [1.54, 1.807) is 0 Å². The number of carbonyl (C=O) groups is 2. The van der Waals surface area contributed by atoms with Crippen LogP contribution >= 0.6 is 0 Å². The highest BCUT2D eigenvalue weighted by Gasteiger charge is 2.44. The van der Waals surface area contributed by atoms with Crippen molar-refractivity contribution in [3.63, 3.8) is 0 Å². The van der Waals surface area contributed by atoms with Crippen LogP contribution in [0.25, 0.3) is 0 Å². The number of Topliss-reactive ketones (excluding diaryl/α,β-unsaturated/α-hetero) is 1. The summed E-state index contributed by atoms with van der Waals surface area (Å²) in [6.07, 6.45) is 4.71. The number of hydrogen-bond acceptors (Lipinski definition) is 3. The maximum atomic E-state index is 12.0. The van der Waals surface area contributed by atoms with Gasteiger partial charge in [0.2, 0.25) is 0 Å². The van der Waals surface area contributed by atoms with Gasteiger partial charge in [-0.2, -0.15) is 0 Å². The Morgan fingerprint density at radius 2 is 2.09 bits per heavy atom. The Hall–Kier alpha value is -1.84. The molecule has 1 aromatic carbocycles. The molecule has 1 aromatic rings. The van der Waals surface area contributed by atoms with E-state index in [9.17, 15) is 9.59 Å². The largest absolute Gasteiger partial charge is 0.446 e. The van der Waals surface area contributed by atoms with E-state index in [2.05, 4.69) is 12.2 Å². The van der Waals surface area contributed by atoms with Crippen LogP contribution in [0.3, 0.4) is 0 Å². The number of rotatable bonds is 3. The molecule has 4 heteroatoms. The Kier molecular flexibility index (Phi) is 4.69. The third-order valence-electron chi connectivity index (χ3n) is 5.57. The van der Waals surface area contributed by atoms with E-state index in [0.717, 1.165) is 37.7 Å². The van der Waals surface area contributed by atoms with Crippen LogP contribution in [-0.4, -0.2) is 18.0 Å². The minimum Gasteiger partial charge on any atom is -0.446 e. The summed E-state index contributed by atoms with van der Waals surface area (Å²) in [5, 5.41) is 2.81. The molecule has 0 unspecified atom stereocenters. The SMILES string of the molecule is C[C@@]12CCC(=O)C[C@@H]1C[C@H](OC(=O)NCc1ccccc1)CC2. The lowest BCUT2D eigenvalue weighted by atomic mass is 9.60. The highest BCUT2D eigenvalue weighted by Crippen LogP contribution is 2.49. The molecule has 2 saturated carbocycles. The van der Waals surface area contributed by atoms with E-state index in [4.69, 9.17) is 4.74 Å². The topological polar surface area (TPSA) is 55.4 Å². The zero-order valence-corrected chi connectivity index (χ0v) is 13.7. The van der Waals surface area contributed by atoms with Gasteiger partial charge in [-0.1, -0.05) is 37.3 Å². The summed E-state index contributed by atoms with van der Waals surface area (Å²) < 4.78 is 5.58. The molecule has 0 aromatic heterocycles. The Balaban J connectivity index is 1.49. The molecule has 2 aliphatic rings. The number of ketones is 1. The van der Waals surface area contributed by atoms with E-state index in [1.165, 1.54) is 0 Å². The Bertz CT molecular complexity index is 571. The van der Waals surface area contributed by atoms with Crippen molar-refractivity contribution in [1.29, 1.82) is 0 Å². The second-order valence-electron chi connectivity index (χ2n) is 7.23. The van der Waals surface area contributed by atoms with Crippen molar-refractivity contribution in [2.75, 3.05) is 0 Å². The van der Waals surface area contributed by atoms with Crippen LogP contribution in [0.15, 0.2) is 30.3 Å². The van der Waals surface area contributed by atoms with Crippen LogP contribution in [0.1, 0.15) is 51.0 Å². The molecule has 1 N–H and O–H groups in total. The summed E-state index contributed by atoms with van der Waals surface area (Å²) in [6, 6.07) is 9.79. The summed E-state index contributed by atoms with van der Waals surface area (Å²) in [4.78, 5) is 23.7. The maximum absolute atomic E-state index is 12.0. The van der Waals surface area contributed by atoms with Gasteiger partial charge in [-0.05, 0) is 42.6 Å². The lowest BCUT2D eigenvalue weighted by Crippen LogP contribution is -2.43. The summed E-state index contributed by atoms with van der Waals surface area (Å²) in [6.45, 7) is 2.77. The van der Waals surface area contributed by atoms with Crippen LogP contribution < -0.4 is 5.32 Å². The summed E-state index contributed by atoms with van der Waals surface area (Å²) in [5.41, 5.74) is 1.31. The fraction of sp³-hybridized carbons (Fsp3) is 0.579. The monoisotopic (exact) mass is 315 g/mol. The number of benzene rings is 1. The molecular formula is C19H25NO3. The number of alkyl carbamates (subject to hydrolysis) is 1. The molecular weight excluding hydrogens is 290 g/mol. The molecule has 124 valence electrons. The van der Waals surface area contributed by atoms with Gasteiger partial charge >= 0.3 is 6.09 Å². The average Bonchev–Trinajstić information content (AvgIpc) is 2.55. The molecule has 0 spiro atoms. The first-order valence-electron chi connectivity index (χ1n) is 8.55. The maximum Gasteiger partial charge on any atom is 0.407 e. The number of ether oxygens (including phenoxy) is 1. The molecule has 2 aliphatic carbocycles. The van der Waals surface area contributed by atoms with Crippen LogP contribution in [0.5, 0.6) is 0 Å². The molecule has 2 fully saturated rings. The van der Waals surface area contributed by atoms with Crippen LogP contribution in [0, 0.1) is 11.3 Å². The Morgan fingerprint density at radius 1 is 1.30 bits per heavy atom. The van der Waals surface area contributed by atoms with Crippen LogP contribution in [0.4, 0.5) is 4.79 Å². The molecule has 23 heavy (non-hydrogen) atoms.